The van der Waals surface area contributed by atoms with Crippen LogP contribution in [0.25, 0.3) is 11.2 Å². The summed E-state index contributed by atoms with van der Waals surface area (Å²) in [6, 6.07) is 19.8. The molecule has 5 aromatic rings. The highest BCUT2D eigenvalue weighted by molar-refractivity contribution is 5.77. The van der Waals surface area contributed by atoms with E-state index in [1.165, 1.54) is 5.56 Å². The van der Waals surface area contributed by atoms with Gasteiger partial charge in [0.1, 0.15) is 17.1 Å². The number of aromatic nitrogens is 6. The summed E-state index contributed by atoms with van der Waals surface area (Å²) in [7, 11) is 0. The van der Waals surface area contributed by atoms with Gasteiger partial charge in [0.25, 0.3) is 0 Å². The predicted octanol–water partition coefficient (Wildman–Crippen LogP) is 4.21. The van der Waals surface area contributed by atoms with Gasteiger partial charge in [-0.15, -0.1) is 5.10 Å². The summed E-state index contributed by atoms with van der Waals surface area (Å²) in [4.78, 5) is 4.36. The minimum atomic E-state index is -0.361. The quantitative estimate of drug-likeness (QED) is 0.165. The van der Waals surface area contributed by atoms with Crippen molar-refractivity contribution in [3.63, 3.8) is 0 Å². The van der Waals surface area contributed by atoms with Crippen LogP contribution >= 0.6 is 0 Å². The fraction of sp³-hybridized carbons (Fsp3) is 0.394. The molecule has 0 radical (unpaired) electrons. The summed E-state index contributed by atoms with van der Waals surface area (Å²) >= 11 is 0. The maximum atomic E-state index is 11.4. The van der Waals surface area contributed by atoms with E-state index in [0.29, 0.717) is 23.5 Å². The molecular weight excluding hydrogens is 540 g/mol. The number of aromatic hydroxyl groups is 1. The molecule has 0 aliphatic heterocycles. The number of phenols is 1. The molecule has 10 heteroatoms. The molecule has 1 unspecified atom stereocenters. The van der Waals surface area contributed by atoms with E-state index in [-0.39, 0.29) is 28.7 Å². The van der Waals surface area contributed by atoms with E-state index in [1.807, 2.05) is 35.1 Å². The van der Waals surface area contributed by atoms with E-state index < -0.39 is 0 Å². The van der Waals surface area contributed by atoms with Crippen molar-refractivity contribution in [3.8, 4) is 5.75 Å². The van der Waals surface area contributed by atoms with Crippen LogP contribution in [-0.4, -0.2) is 58.6 Å². The molecule has 2 atom stereocenters. The number of hydrogen-bond donors (Lipinski definition) is 5. The van der Waals surface area contributed by atoms with Gasteiger partial charge >= 0.3 is 0 Å². The SMILES string of the molecule is Nc1cc(C(CCNC23CCC(c4ccccc4)(CC2)[C@@H](O)C3)c2cnn(CCc3cccc(O)c3)c2)c2n[nH]nc2n1. The van der Waals surface area contributed by atoms with Crippen LogP contribution in [0.15, 0.2) is 73.1 Å². The number of H-pyrrole nitrogens is 1. The Morgan fingerprint density at radius 1 is 1.05 bits per heavy atom. The van der Waals surface area contributed by atoms with Crippen LogP contribution < -0.4 is 11.1 Å². The zero-order valence-electron chi connectivity index (χ0n) is 24.2. The second kappa shape index (κ2) is 11.1. The van der Waals surface area contributed by atoms with Crippen molar-refractivity contribution < 1.29 is 10.2 Å². The van der Waals surface area contributed by atoms with Gasteiger partial charge in [0.05, 0.1) is 12.3 Å². The maximum Gasteiger partial charge on any atom is 0.203 e. The zero-order chi connectivity index (χ0) is 29.4. The Morgan fingerprint density at radius 2 is 1.88 bits per heavy atom. The Morgan fingerprint density at radius 3 is 2.67 bits per heavy atom. The zero-order valence-corrected chi connectivity index (χ0v) is 24.2. The summed E-state index contributed by atoms with van der Waals surface area (Å²) < 4.78 is 1.95. The molecule has 222 valence electrons. The fourth-order valence-corrected chi connectivity index (χ4v) is 7.54. The largest absolute Gasteiger partial charge is 0.508 e. The number of pyridine rings is 1. The van der Waals surface area contributed by atoms with Gasteiger partial charge in [-0.1, -0.05) is 42.5 Å². The van der Waals surface area contributed by atoms with Gasteiger partial charge in [-0.3, -0.25) is 4.68 Å². The summed E-state index contributed by atoms with van der Waals surface area (Å²) in [6.45, 7) is 1.46. The fourth-order valence-electron chi connectivity index (χ4n) is 7.54. The molecule has 0 amide bonds. The Kier molecular flexibility index (Phi) is 7.10. The lowest BCUT2D eigenvalue weighted by molar-refractivity contribution is -0.0496. The standard InChI is InChI=1S/C33H38N8O2/c34-29-18-27(30-31(37-29)39-40-38-30)26(23-20-36-41(21-23)16-10-22-5-4-8-25(42)17-22)9-15-35-32-11-13-33(14-12-32,28(43)19-32)24-6-2-1-3-7-24/h1-8,17-18,20-21,26,28,35,42-43H,9-16,19H2,(H3,34,37,38,39,40)/t26?,28-,32?,33?/m0/s1. The van der Waals surface area contributed by atoms with Gasteiger partial charge in [0, 0.05) is 29.6 Å². The van der Waals surface area contributed by atoms with E-state index in [0.717, 1.165) is 68.2 Å². The van der Waals surface area contributed by atoms with Gasteiger partial charge in [0.2, 0.25) is 5.65 Å². The van der Waals surface area contributed by atoms with Crippen LogP contribution in [0.5, 0.6) is 5.75 Å². The van der Waals surface area contributed by atoms with Crippen molar-refractivity contribution in [1.29, 1.82) is 0 Å². The number of benzene rings is 2. The number of aliphatic hydroxyl groups is 1. The van der Waals surface area contributed by atoms with Crippen molar-refractivity contribution in [2.24, 2.45) is 0 Å². The summed E-state index contributed by atoms with van der Waals surface area (Å²) in [5, 5.41) is 41.1. The third-order valence-corrected chi connectivity index (χ3v) is 9.92. The first-order chi connectivity index (χ1) is 20.9. The number of aromatic amines is 1. The minimum Gasteiger partial charge on any atom is -0.508 e. The Hall–Kier alpha value is -4.28. The van der Waals surface area contributed by atoms with Gasteiger partial charge in [-0.2, -0.15) is 15.4 Å². The Balaban J connectivity index is 1.09. The van der Waals surface area contributed by atoms with Crippen molar-refractivity contribution in [1.82, 2.24) is 35.5 Å². The van der Waals surface area contributed by atoms with Crippen LogP contribution in [0.2, 0.25) is 0 Å². The molecule has 0 spiro atoms. The average molecular weight is 579 g/mol. The molecule has 3 heterocycles. The number of hydrogen-bond acceptors (Lipinski definition) is 8. The molecule has 0 saturated heterocycles. The summed E-state index contributed by atoms with van der Waals surface area (Å²) in [6.07, 6.45) is 10.0. The summed E-state index contributed by atoms with van der Waals surface area (Å²) in [5.41, 5.74) is 11.6. The molecule has 43 heavy (non-hydrogen) atoms. The molecule has 3 fully saturated rings. The number of aliphatic hydroxyl groups excluding tert-OH is 1. The van der Waals surface area contributed by atoms with Gasteiger partial charge < -0.3 is 21.3 Å². The number of anilines is 1. The Bertz CT molecular complexity index is 1710. The molecule has 3 saturated carbocycles. The normalized spacial score (nSPS) is 24.0. The molecule has 6 N–H and O–H groups in total. The number of fused-ring (bicyclic) bond motifs is 4. The third kappa shape index (κ3) is 5.25. The molecule has 10 nitrogen and oxygen atoms in total. The molecule has 3 aromatic heterocycles. The molecular formula is C33H38N8O2. The highest BCUT2D eigenvalue weighted by Crippen LogP contribution is 2.53. The lowest BCUT2D eigenvalue weighted by Crippen LogP contribution is -2.62. The lowest BCUT2D eigenvalue weighted by atomic mass is 9.53. The maximum absolute atomic E-state index is 11.4. The molecule has 3 aliphatic carbocycles. The molecule has 2 aromatic carbocycles. The number of phenolic OH excluding ortho intramolecular Hbond substituents is 1. The predicted molar refractivity (Wildman–Crippen MR) is 165 cm³/mol. The number of nitrogens with two attached hydrogens (primary N) is 1. The van der Waals surface area contributed by atoms with Crippen molar-refractivity contribution in [3.05, 3.63) is 95.3 Å². The van der Waals surface area contributed by atoms with E-state index >= 15 is 0 Å². The van der Waals surface area contributed by atoms with Crippen LogP contribution in [0.3, 0.4) is 0 Å². The number of nitrogens with zero attached hydrogens (tertiary/aromatic N) is 5. The molecule has 8 rings (SSSR count). The van der Waals surface area contributed by atoms with E-state index in [9.17, 15) is 10.2 Å². The first-order valence-corrected chi connectivity index (χ1v) is 15.2. The lowest BCUT2D eigenvalue weighted by Gasteiger charge is -2.57. The van der Waals surface area contributed by atoms with Crippen LogP contribution in [0.1, 0.15) is 66.7 Å². The van der Waals surface area contributed by atoms with Crippen LogP contribution in [-0.2, 0) is 18.4 Å². The van der Waals surface area contributed by atoms with E-state index in [4.69, 9.17) is 5.73 Å². The first-order valence-electron chi connectivity index (χ1n) is 15.2. The highest BCUT2D eigenvalue weighted by Gasteiger charge is 2.54. The highest BCUT2D eigenvalue weighted by atomic mass is 16.3. The molecule has 2 bridgehead atoms. The average Bonchev–Trinajstić information content (AvgIpc) is 3.69. The van der Waals surface area contributed by atoms with Crippen LogP contribution in [0.4, 0.5) is 5.82 Å². The monoisotopic (exact) mass is 578 g/mol. The van der Waals surface area contributed by atoms with E-state index in [1.54, 1.807) is 12.1 Å². The Labute approximate surface area is 250 Å². The van der Waals surface area contributed by atoms with Crippen molar-refractivity contribution >= 4 is 17.0 Å². The number of nitrogen functional groups attached to an aromatic ring is 1. The first kappa shape index (κ1) is 27.5. The number of nitrogens with one attached hydrogen (secondary N) is 2. The minimum absolute atomic E-state index is 0.0307. The molecule has 3 aliphatic rings. The second-order valence-corrected chi connectivity index (χ2v) is 12.4. The summed E-state index contributed by atoms with van der Waals surface area (Å²) in [5.74, 6) is 0.646. The van der Waals surface area contributed by atoms with Gasteiger partial charge in [-0.25, -0.2) is 4.98 Å². The smallest absolute Gasteiger partial charge is 0.203 e. The van der Waals surface area contributed by atoms with Crippen molar-refractivity contribution in [2.45, 2.75) is 74.5 Å². The van der Waals surface area contributed by atoms with Crippen molar-refractivity contribution in [2.75, 3.05) is 12.3 Å². The van der Waals surface area contributed by atoms with Gasteiger partial charge in [-0.05, 0) is 91.9 Å². The number of rotatable bonds is 10. The third-order valence-electron chi connectivity index (χ3n) is 9.92. The van der Waals surface area contributed by atoms with E-state index in [2.05, 4.69) is 61.3 Å². The number of aryl methyl sites for hydroxylation is 2. The van der Waals surface area contributed by atoms with Crippen LogP contribution in [0, 0.1) is 0 Å². The topological polar surface area (TPSA) is 151 Å². The second-order valence-electron chi connectivity index (χ2n) is 12.4. The van der Waals surface area contributed by atoms with Gasteiger partial charge in [0.15, 0.2) is 0 Å².